The van der Waals surface area contributed by atoms with Gasteiger partial charge < -0.3 is 10.6 Å². The molecule has 0 aromatic heterocycles. The Hall–Kier alpha value is -0.880. The van der Waals surface area contributed by atoms with E-state index in [9.17, 15) is 9.18 Å². The van der Waals surface area contributed by atoms with Crippen molar-refractivity contribution in [2.75, 3.05) is 19.6 Å². The Morgan fingerprint density at radius 2 is 2.25 bits per heavy atom. The largest absolute Gasteiger partial charge is 0.350 e. The van der Waals surface area contributed by atoms with Crippen LogP contribution >= 0.6 is 24.0 Å². The molecule has 3 atom stereocenters. The molecule has 2 aliphatic heterocycles. The average molecular weight is 376 g/mol. The molecule has 0 saturated carbocycles. The number of carbonyl (C=O) groups is 1. The van der Waals surface area contributed by atoms with Crippen molar-refractivity contribution in [3.63, 3.8) is 0 Å². The molecule has 0 radical (unpaired) electrons. The number of hydrogen-bond donors (Lipinski definition) is 2. The van der Waals surface area contributed by atoms with Crippen molar-refractivity contribution in [3.8, 4) is 0 Å². The average Bonchev–Trinajstić information content (AvgIpc) is 3.19. The summed E-state index contributed by atoms with van der Waals surface area (Å²) in [5.74, 6) is -0.348. The van der Waals surface area contributed by atoms with E-state index in [4.69, 9.17) is 11.6 Å². The van der Waals surface area contributed by atoms with Gasteiger partial charge in [-0.25, -0.2) is 4.39 Å². The maximum Gasteiger partial charge on any atom is 0.237 e. The van der Waals surface area contributed by atoms with Crippen molar-refractivity contribution < 1.29 is 9.18 Å². The Bertz CT molecular complexity index is 581. The van der Waals surface area contributed by atoms with Crippen LogP contribution in [0.5, 0.6) is 0 Å². The van der Waals surface area contributed by atoms with Gasteiger partial charge in [0.25, 0.3) is 0 Å². The van der Waals surface area contributed by atoms with Crippen molar-refractivity contribution in [2.24, 2.45) is 0 Å². The first-order valence-electron chi connectivity index (χ1n) is 8.33. The lowest BCUT2D eigenvalue weighted by atomic mass is 9.99. The fraction of sp³-hybridized carbons (Fsp3) is 0.588. The molecule has 2 aliphatic rings. The van der Waals surface area contributed by atoms with E-state index in [0.29, 0.717) is 0 Å². The first-order chi connectivity index (χ1) is 11.1. The predicted octanol–water partition coefficient (Wildman–Crippen LogP) is 2.90. The number of halogens is 3. The van der Waals surface area contributed by atoms with E-state index < -0.39 is 5.82 Å². The van der Waals surface area contributed by atoms with E-state index >= 15 is 0 Å². The first-order valence-corrected chi connectivity index (χ1v) is 8.70. The van der Waals surface area contributed by atoms with E-state index in [0.717, 1.165) is 44.5 Å². The standard InChI is InChI=1S/C17H23ClFN3O.ClH/c1-2-22-9-7-14(21-17(23)15-4-3-8-20-15)16(22)11-5-6-12(18)13(19)10-11;/h5-6,10,14-16,20H,2-4,7-9H2,1H3,(H,21,23);1H. The number of likely N-dealkylation sites (tertiary alicyclic amines) is 1. The quantitative estimate of drug-likeness (QED) is 0.850. The molecule has 1 aromatic rings. The Balaban J connectivity index is 0.00000208. The summed E-state index contributed by atoms with van der Waals surface area (Å²) in [6.07, 6.45) is 2.80. The highest BCUT2D eigenvalue weighted by molar-refractivity contribution is 6.30. The lowest BCUT2D eigenvalue weighted by Gasteiger charge is -2.29. The number of nitrogens with one attached hydrogen (secondary N) is 2. The second-order valence-corrected chi connectivity index (χ2v) is 6.71. The molecule has 2 heterocycles. The SMILES string of the molecule is CCN1CCC(NC(=O)C2CCCN2)C1c1ccc(Cl)c(F)c1.Cl. The fourth-order valence-corrected chi connectivity index (χ4v) is 3.81. The van der Waals surface area contributed by atoms with Gasteiger partial charge in [-0.2, -0.15) is 0 Å². The number of likely N-dealkylation sites (N-methyl/N-ethyl adjacent to an activating group) is 1. The van der Waals surface area contributed by atoms with E-state index in [1.165, 1.54) is 6.07 Å². The Kier molecular flexibility index (Phi) is 6.87. The normalized spacial score (nSPS) is 27.0. The van der Waals surface area contributed by atoms with Gasteiger partial charge in [0, 0.05) is 12.6 Å². The van der Waals surface area contributed by atoms with Crippen LogP contribution in [0.25, 0.3) is 0 Å². The molecule has 134 valence electrons. The summed E-state index contributed by atoms with van der Waals surface area (Å²) in [4.78, 5) is 14.7. The van der Waals surface area contributed by atoms with Crippen LogP contribution in [0.4, 0.5) is 4.39 Å². The fourth-order valence-electron chi connectivity index (χ4n) is 3.69. The lowest BCUT2D eigenvalue weighted by Crippen LogP contribution is -2.47. The van der Waals surface area contributed by atoms with Gasteiger partial charge in [-0.1, -0.05) is 24.6 Å². The first kappa shape index (κ1) is 19.4. The van der Waals surface area contributed by atoms with Gasteiger partial charge in [0.1, 0.15) is 5.82 Å². The lowest BCUT2D eigenvalue weighted by molar-refractivity contribution is -0.123. The maximum absolute atomic E-state index is 13.9. The molecule has 2 saturated heterocycles. The molecule has 0 aliphatic carbocycles. The zero-order chi connectivity index (χ0) is 16.4. The molecule has 0 bridgehead atoms. The minimum atomic E-state index is -0.408. The van der Waals surface area contributed by atoms with Crippen molar-refractivity contribution in [1.82, 2.24) is 15.5 Å². The van der Waals surface area contributed by atoms with Crippen LogP contribution in [-0.2, 0) is 4.79 Å². The van der Waals surface area contributed by atoms with Crippen LogP contribution in [0, 0.1) is 5.82 Å². The third-order valence-electron chi connectivity index (χ3n) is 4.90. The van der Waals surface area contributed by atoms with Crippen molar-refractivity contribution in [3.05, 3.63) is 34.6 Å². The second-order valence-electron chi connectivity index (χ2n) is 6.30. The highest BCUT2D eigenvalue weighted by atomic mass is 35.5. The van der Waals surface area contributed by atoms with Crippen LogP contribution in [0.15, 0.2) is 18.2 Å². The van der Waals surface area contributed by atoms with Gasteiger partial charge >= 0.3 is 0 Å². The number of nitrogens with zero attached hydrogens (tertiary/aromatic N) is 1. The molecule has 2 fully saturated rings. The molecule has 7 heteroatoms. The van der Waals surface area contributed by atoms with Crippen molar-refractivity contribution in [1.29, 1.82) is 0 Å². The summed E-state index contributed by atoms with van der Waals surface area (Å²) >= 11 is 5.80. The number of rotatable bonds is 4. The van der Waals surface area contributed by atoms with E-state index in [1.807, 2.05) is 6.07 Å². The molecule has 1 amide bonds. The van der Waals surface area contributed by atoms with Crippen molar-refractivity contribution >= 4 is 29.9 Å². The second kappa shape index (κ2) is 8.48. The Morgan fingerprint density at radius 3 is 2.88 bits per heavy atom. The van der Waals surface area contributed by atoms with Gasteiger partial charge in [-0.05, 0) is 50.0 Å². The van der Waals surface area contributed by atoms with Gasteiger partial charge in [-0.15, -0.1) is 12.4 Å². The Morgan fingerprint density at radius 1 is 1.46 bits per heavy atom. The summed E-state index contributed by atoms with van der Waals surface area (Å²) in [5.41, 5.74) is 0.871. The molecule has 4 nitrogen and oxygen atoms in total. The van der Waals surface area contributed by atoms with Crippen LogP contribution in [0.3, 0.4) is 0 Å². The monoisotopic (exact) mass is 375 g/mol. The molecule has 0 spiro atoms. The number of benzene rings is 1. The third kappa shape index (κ3) is 4.02. The predicted molar refractivity (Wildman–Crippen MR) is 96.2 cm³/mol. The highest BCUT2D eigenvalue weighted by Gasteiger charge is 2.37. The smallest absolute Gasteiger partial charge is 0.237 e. The summed E-state index contributed by atoms with van der Waals surface area (Å²) in [6, 6.07) is 4.86. The zero-order valence-electron chi connectivity index (χ0n) is 13.7. The summed E-state index contributed by atoms with van der Waals surface area (Å²) in [7, 11) is 0. The Labute approximate surface area is 153 Å². The molecular weight excluding hydrogens is 352 g/mol. The van der Waals surface area contributed by atoms with E-state index in [2.05, 4.69) is 22.5 Å². The zero-order valence-corrected chi connectivity index (χ0v) is 15.3. The molecule has 3 rings (SSSR count). The number of hydrogen-bond acceptors (Lipinski definition) is 3. The number of carbonyl (C=O) groups excluding carboxylic acids is 1. The maximum atomic E-state index is 13.9. The summed E-state index contributed by atoms with van der Waals surface area (Å²) in [6.45, 7) is 4.75. The molecular formula is C17H24Cl2FN3O. The molecule has 3 unspecified atom stereocenters. The van der Waals surface area contributed by atoms with Crippen LogP contribution in [0.2, 0.25) is 5.02 Å². The number of amides is 1. The van der Waals surface area contributed by atoms with Gasteiger partial charge in [-0.3, -0.25) is 9.69 Å². The molecule has 2 N–H and O–H groups in total. The summed E-state index contributed by atoms with van der Waals surface area (Å²) in [5, 5.41) is 6.52. The van der Waals surface area contributed by atoms with Crippen LogP contribution in [0.1, 0.15) is 37.8 Å². The third-order valence-corrected chi connectivity index (χ3v) is 5.20. The van der Waals surface area contributed by atoms with Crippen molar-refractivity contribution in [2.45, 2.75) is 44.3 Å². The molecule has 24 heavy (non-hydrogen) atoms. The highest BCUT2D eigenvalue weighted by Crippen LogP contribution is 2.33. The summed E-state index contributed by atoms with van der Waals surface area (Å²) < 4.78 is 13.9. The topological polar surface area (TPSA) is 44.4 Å². The van der Waals surface area contributed by atoms with Gasteiger partial charge in [0.2, 0.25) is 5.91 Å². The molecule has 1 aromatic carbocycles. The van der Waals surface area contributed by atoms with Crippen LogP contribution in [-0.4, -0.2) is 42.5 Å². The minimum Gasteiger partial charge on any atom is -0.350 e. The minimum absolute atomic E-state index is 0. The van der Waals surface area contributed by atoms with E-state index in [1.54, 1.807) is 6.07 Å². The van der Waals surface area contributed by atoms with E-state index in [-0.39, 0.29) is 41.5 Å². The van der Waals surface area contributed by atoms with Gasteiger partial charge in [0.05, 0.1) is 17.1 Å². The van der Waals surface area contributed by atoms with Crippen LogP contribution < -0.4 is 10.6 Å². The van der Waals surface area contributed by atoms with Gasteiger partial charge in [0.15, 0.2) is 0 Å².